The number of carbonyl (C=O) groups excluding carboxylic acids is 1. The Hall–Kier alpha value is -0.710. The van der Waals surface area contributed by atoms with Gasteiger partial charge in [-0.25, -0.2) is 0 Å². The summed E-state index contributed by atoms with van der Waals surface area (Å²) >= 11 is 1.86. The highest BCUT2D eigenvalue weighted by atomic mass is 32.2. The molecule has 1 saturated heterocycles. The highest BCUT2D eigenvalue weighted by molar-refractivity contribution is 8.13. The predicted octanol–water partition coefficient (Wildman–Crippen LogP) is 1.89. The van der Waals surface area contributed by atoms with Gasteiger partial charge in [0.05, 0.1) is 0 Å². The average Bonchev–Trinajstić information content (AvgIpc) is 2.38. The highest BCUT2D eigenvalue weighted by Gasteiger charge is 2.29. The molecule has 1 aliphatic carbocycles. The molecule has 0 radical (unpaired) electrons. The van der Waals surface area contributed by atoms with E-state index in [1.54, 1.807) is 0 Å². The third-order valence-electron chi connectivity index (χ3n) is 3.74. The van der Waals surface area contributed by atoms with Gasteiger partial charge >= 0.3 is 0 Å². The van der Waals surface area contributed by atoms with Crippen LogP contribution in [0.5, 0.6) is 0 Å². The Morgan fingerprint density at radius 3 is 3.06 bits per heavy atom. The molecule has 0 aromatic heterocycles. The lowest BCUT2D eigenvalue weighted by molar-refractivity contribution is -0.118. The fourth-order valence-electron chi connectivity index (χ4n) is 2.67. The number of primary amides is 1. The number of hydrogen-bond acceptors (Lipinski definition) is 3. The summed E-state index contributed by atoms with van der Waals surface area (Å²) in [6.07, 6.45) is 7.69. The monoisotopic (exact) mass is 269 g/mol. The summed E-state index contributed by atoms with van der Waals surface area (Å²) in [5.41, 5.74) is 5.10. The van der Waals surface area contributed by atoms with E-state index in [1.807, 2.05) is 11.8 Å². The van der Waals surface area contributed by atoms with Crippen molar-refractivity contribution in [1.82, 2.24) is 5.32 Å². The van der Waals surface area contributed by atoms with Gasteiger partial charge in [-0.15, -0.1) is 0 Å². The lowest BCUT2D eigenvalue weighted by Gasteiger charge is -2.36. The smallest absolute Gasteiger partial charge is 0.217 e. The lowest BCUT2D eigenvalue weighted by Crippen LogP contribution is -2.46. The highest BCUT2D eigenvalue weighted by Crippen LogP contribution is 2.31. The number of unbranched alkanes of at least 4 members (excludes halogenated alkanes) is 1. The molecule has 5 heteroatoms. The average molecular weight is 269 g/mol. The summed E-state index contributed by atoms with van der Waals surface area (Å²) in [5.74, 6) is 1.85. The Morgan fingerprint density at radius 1 is 1.39 bits per heavy atom. The molecule has 2 unspecified atom stereocenters. The Labute approximate surface area is 113 Å². The topological polar surface area (TPSA) is 67.5 Å². The number of nitrogens with zero attached hydrogens (tertiary/aromatic N) is 1. The van der Waals surface area contributed by atoms with Crippen LogP contribution in [0.1, 0.15) is 44.9 Å². The van der Waals surface area contributed by atoms with Crippen LogP contribution in [0, 0.1) is 5.92 Å². The minimum atomic E-state index is -0.210. The molecule has 1 saturated carbocycles. The summed E-state index contributed by atoms with van der Waals surface area (Å²) in [4.78, 5) is 15.2. The quantitative estimate of drug-likeness (QED) is 0.749. The number of nitrogens with one attached hydrogen (secondary N) is 1. The zero-order chi connectivity index (χ0) is 12.8. The van der Waals surface area contributed by atoms with Crippen LogP contribution in [0.3, 0.4) is 0 Å². The second kappa shape index (κ2) is 7.02. The number of amides is 1. The molecular weight excluding hydrogens is 246 g/mol. The van der Waals surface area contributed by atoms with E-state index >= 15 is 0 Å². The van der Waals surface area contributed by atoms with Crippen molar-refractivity contribution < 1.29 is 4.79 Å². The lowest BCUT2D eigenvalue weighted by atomic mass is 9.86. The van der Waals surface area contributed by atoms with Gasteiger partial charge in [0.2, 0.25) is 5.91 Å². The maximum atomic E-state index is 10.6. The molecule has 2 aliphatic rings. The molecule has 102 valence electrons. The van der Waals surface area contributed by atoms with Gasteiger partial charge in [0.15, 0.2) is 5.17 Å². The van der Waals surface area contributed by atoms with Crippen molar-refractivity contribution >= 4 is 22.8 Å². The van der Waals surface area contributed by atoms with Crippen molar-refractivity contribution in [2.45, 2.75) is 51.0 Å². The van der Waals surface area contributed by atoms with Gasteiger partial charge in [0.1, 0.15) is 0 Å². The van der Waals surface area contributed by atoms with E-state index in [-0.39, 0.29) is 5.91 Å². The molecule has 1 aliphatic heterocycles. The fraction of sp³-hybridized carbons (Fsp3) is 0.846. The predicted molar refractivity (Wildman–Crippen MR) is 76.7 cm³/mol. The van der Waals surface area contributed by atoms with Gasteiger partial charge in [-0.2, -0.15) is 0 Å². The number of rotatable bonds is 5. The number of aliphatic imine (C=N–C) groups is 1. The normalized spacial score (nSPS) is 29.7. The zero-order valence-electron chi connectivity index (χ0n) is 10.9. The van der Waals surface area contributed by atoms with E-state index in [4.69, 9.17) is 5.73 Å². The van der Waals surface area contributed by atoms with Crippen LogP contribution in [0.15, 0.2) is 4.99 Å². The number of fused-ring (bicyclic) bond motifs is 1. The number of nitrogens with two attached hydrogens (primary N) is 1. The van der Waals surface area contributed by atoms with Gasteiger partial charge in [0, 0.05) is 24.8 Å². The first-order valence-corrected chi connectivity index (χ1v) is 7.96. The molecule has 4 nitrogen and oxygen atoms in total. The van der Waals surface area contributed by atoms with E-state index in [0.29, 0.717) is 12.5 Å². The first-order chi connectivity index (χ1) is 8.75. The van der Waals surface area contributed by atoms with Crippen molar-refractivity contribution in [3.63, 3.8) is 0 Å². The van der Waals surface area contributed by atoms with E-state index in [0.717, 1.165) is 30.5 Å². The number of amidine groups is 1. The molecular formula is C13H23N3OS. The van der Waals surface area contributed by atoms with Gasteiger partial charge in [0.25, 0.3) is 0 Å². The van der Waals surface area contributed by atoms with Crippen LogP contribution < -0.4 is 11.1 Å². The molecule has 3 N–H and O–H groups in total. The molecule has 2 fully saturated rings. The standard InChI is InChI=1S/C13H23N3OS/c14-12(17)7-3-4-8-15-13-16-11-6-2-1-5-10(11)9-18-13/h10-11H,1-9H2,(H2,14,17)(H,15,16). The van der Waals surface area contributed by atoms with Crippen molar-refractivity contribution in [3.05, 3.63) is 0 Å². The Balaban J connectivity index is 1.68. The van der Waals surface area contributed by atoms with Crippen LogP contribution >= 0.6 is 11.8 Å². The van der Waals surface area contributed by atoms with E-state index < -0.39 is 0 Å². The number of thioether (sulfide) groups is 1. The van der Waals surface area contributed by atoms with Crippen LogP contribution in [0.4, 0.5) is 0 Å². The van der Waals surface area contributed by atoms with Gasteiger partial charge in [-0.1, -0.05) is 24.6 Å². The summed E-state index contributed by atoms with van der Waals surface area (Å²) in [6, 6.07) is 0.657. The Morgan fingerprint density at radius 2 is 2.22 bits per heavy atom. The molecule has 2 atom stereocenters. The first kappa shape index (κ1) is 13.7. The first-order valence-electron chi connectivity index (χ1n) is 6.98. The van der Waals surface area contributed by atoms with Crippen molar-refractivity contribution in [2.75, 3.05) is 12.3 Å². The van der Waals surface area contributed by atoms with Crippen molar-refractivity contribution in [2.24, 2.45) is 16.6 Å². The summed E-state index contributed by atoms with van der Waals surface area (Å²) < 4.78 is 0. The fourth-order valence-corrected chi connectivity index (χ4v) is 3.85. The second-order valence-corrected chi connectivity index (χ2v) is 6.23. The molecule has 2 rings (SSSR count). The van der Waals surface area contributed by atoms with E-state index in [1.165, 1.54) is 31.4 Å². The Bertz CT molecular complexity index is 319. The zero-order valence-corrected chi connectivity index (χ0v) is 11.7. The summed E-state index contributed by atoms with van der Waals surface area (Å²) in [5, 5.41) is 4.68. The van der Waals surface area contributed by atoms with Crippen LogP contribution in [-0.2, 0) is 4.79 Å². The summed E-state index contributed by atoms with van der Waals surface area (Å²) in [6.45, 7) is 0.806. The number of carbonyl (C=O) groups is 1. The van der Waals surface area contributed by atoms with Crippen molar-refractivity contribution in [1.29, 1.82) is 0 Å². The molecule has 0 aromatic rings. The minimum Gasteiger partial charge on any atom is -0.370 e. The van der Waals surface area contributed by atoms with Gasteiger partial charge in [-0.05, 0) is 31.6 Å². The third-order valence-corrected chi connectivity index (χ3v) is 4.85. The van der Waals surface area contributed by atoms with Crippen LogP contribution in [-0.4, -0.2) is 29.4 Å². The van der Waals surface area contributed by atoms with Gasteiger partial charge in [-0.3, -0.25) is 9.79 Å². The maximum absolute atomic E-state index is 10.6. The third kappa shape index (κ3) is 4.19. The molecule has 0 aromatic carbocycles. The van der Waals surface area contributed by atoms with E-state index in [9.17, 15) is 4.79 Å². The Kier molecular flexibility index (Phi) is 5.35. The molecule has 18 heavy (non-hydrogen) atoms. The van der Waals surface area contributed by atoms with E-state index in [2.05, 4.69) is 10.3 Å². The molecule has 0 spiro atoms. The SMILES string of the molecule is NC(=O)CCCCN=C1NC2CCCCC2CS1. The molecule has 0 bridgehead atoms. The minimum absolute atomic E-state index is 0.210. The summed E-state index contributed by atoms with van der Waals surface area (Å²) in [7, 11) is 0. The number of hydrogen-bond donors (Lipinski definition) is 2. The van der Waals surface area contributed by atoms with Crippen LogP contribution in [0.2, 0.25) is 0 Å². The molecule has 1 heterocycles. The maximum Gasteiger partial charge on any atom is 0.217 e. The van der Waals surface area contributed by atoms with Gasteiger partial charge < -0.3 is 11.1 Å². The van der Waals surface area contributed by atoms with Crippen molar-refractivity contribution in [3.8, 4) is 0 Å². The second-order valence-electron chi connectivity index (χ2n) is 5.22. The molecule has 1 amide bonds. The largest absolute Gasteiger partial charge is 0.370 e. The van der Waals surface area contributed by atoms with Crippen LogP contribution in [0.25, 0.3) is 0 Å².